The average Bonchev–Trinajstić information content (AvgIpc) is 2.77. The molecule has 0 spiro atoms. The molecule has 0 unspecified atom stereocenters. The number of carbonyl (C=O) groups excluding carboxylic acids is 1. The number of amides is 1. The minimum Gasteiger partial charge on any atom is -0.466 e. The number of carbonyl (C=O) groups is 1. The Labute approximate surface area is 98.0 Å². The van der Waals surface area contributed by atoms with Crippen LogP contribution >= 0.6 is 0 Å². The Morgan fingerprint density at radius 3 is 2.94 bits per heavy atom. The molecule has 0 fully saturated rings. The molecule has 0 saturated carbocycles. The average molecular weight is 232 g/mol. The summed E-state index contributed by atoms with van der Waals surface area (Å²) < 4.78 is 4.80. The second-order valence-corrected chi connectivity index (χ2v) is 3.49. The summed E-state index contributed by atoms with van der Waals surface area (Å²) in [5, 5.41) is 8.87. The van der Waals surface area contributed by atoms with Crippen molar-refractivity contribution in [3.63, 3.8) is 0 Å². The van der Waals surface area contributed by atoms with Crippen LogP contribution in [0.2, 0.25) is 0 Å². The monoisotopic (exact) mass is 232 g/mol. The summed E-state index contributed by atoms with van der Waals surface area (Å²) in [7, 11) is 1.45. The van der Waals surface area contributed by atoms with E-state index in [4.69, 9.17) is 4.74 Å². The molecule has 0 bridgehead atoms. The first-order chi connectivity index (χ1) is 8.19. The van der Waals surface area contributed by atoms with Crippen LogP contribution in [0.4, 0.5) is 5.95 Å². The van der Waals surface area contributed by atoms with Crippen LogP contribution in [-0.4, -0.2) is 28.2 Å². The number of nitrogens with one attached hydrogen (secondary N) is 2. The standard InChI is InChI=1S/C11H12N4O2/c1-7-4-3-5-8(6-7)9(16)12-10-13-11(17-2)15-14-10/h3-6H,1-2H3,(H2,12,13,14,15,16). The summed E-state index contributed by atoms with van der Waals surface area (Å²) in [6.45, 7) is 1.92. The number of hydrogen-bond acceptors (Lipinski definition) is 4. The molecule has 0 saturated heterocycles. The predicted molar refractivity (Wildman–Crippen MR) is 62.1 cm³/mol. The zero-order chi connectivity index (χ0) is 12.3. The van der Waals surface area contributed by atoms with Gasteiger partial charge in [-0.3, -0.25) is 10.1 Å². The van der Waals surface area contributed by atoms with Gasteiger partial charge in [-0.15, -0.1) is 5.10 Å². The van der Waals surface area contributed by atoms with Gasteiger partial charge in [-0.2, -0.15) is 4.98 Å². The zero-order valence-electron chi connectivity index (χ0n) is 9.52. The molecular weight excluding hydrogens is 220 g/mol. The van der Waals surface area contributed by atoms with Gasteiger partial charge < -0.3 is 4.74 Å². The Morgan fingerprint density at radius 2 is 2.29 bits per heavy atom. The molecule has 6 nitrogen and oxygen atoms in total. The second kappa shape index (κ2) is 4.65. The molecular formula is C11H12N4O2. The molecule has 1 amide bonds. The van der Waals surface area contributed by atoms with Gasteiger partial charge in [0.25, 0.3) is 5.91 Å². The van der Waals surface area contributed by atoms with E-state index < -0.39 is 0 Å². The van der Waals surface area contributed by atoms with Gasteiger partial charge in [-0.05, 0) is 19.1 Å². The predicted octanol–water partition coefficient (Wildman–Crippen LogP) is 1.37. The Bertz CT molecular complexity index is 536. The topological polar surface area (TPSA) is 79.9 Å². The van der Waals surface area contributed by atoms with Crippen molar-refractivity contribution in [1.82, 2.24) is 15.2 Å². The number of H-pyrrole nitrogens is 1. The van der Waals surface area contributed by atoms with E-state index in [1.165, 1.54) is 7.11 Å². The molecule has 2 aromatic rings. The van der Waals surface area contributed by atoms with Crippen molar-refractivity contribution >= 4 is 11.9 Å². The van der Waals surface area contributed by atoms with Gasteiger partial charge >= 0.3 is 6.01 Å². The molecule has 2 rings (SSSR count). The maximum absolute atomic E-state index is 11.8. The molecule has 17 heavy (non-hydrogen) atoms. The lowest BCUT2D eigenvalue weighted by Crippen LogP contribution is -2.13. The van der Waals surface area contributed by atoms with Crippen molar-refractivity contribution in [3.05, 3.63) is 35.4 Å². The van der Waals surface area contributed by atoms with Crippen LogP contribution in [0.1, 0.15) is 15.9 Å². The van der Waals surface area contributed by atoms with Crippen molar-refractivity contribution in [1.29, 1.82) is 0 Å². The molecule has 1 heterocycles. The lowest BCUT2D eigenvalue weighted by molar-refractivity contribution is 0.102. The third kappa shape index (κ3) is 2.60. The van der Waals surface area contributed by atoms with E-state index in [-0.39, 0.29) is 17.9 Å². The van der Waals surface area contributed by atoms with E-state index in [2.05, 4.69) is 20.5 Å². The first-order valence-corrected chi connectivity index (χ1v) is 5.03. The van der Waals surface area contributed by atoms with Crippen molar-refractivity contribution in [2.45, 2.75) is 6.92 Å². The highest BCUT2D eigenvalue weighted by Crippen LogP contribution is 2.08. The van der Waals surface area contributed by atoms with E-state index in [1.54, 1.807) is 12.1 Å². The zero-order valence-corrected chi connectivity index (χ0v) is 9.52. The van der Waals surface area contributed by atoms with E-state index in [0.29, 0.717) is 5.56 Å². The van der Waals surface area contributed by atoms with E-state index in [1.807, 2.05) is 19.1 Å². The van der Waals surface area contributed by atoms with E-state index in [0.717, 1.165) is 5.56 Å². The van der Waals surface area contributed by atoms with Crippen molar-refractivity contribution < 1.29 is 9.53 Å². The van der Waals surface area contributed by atoms with Crippen LogP contribution in [0.15, 0.2) is 24.3 Å². The van der Waals surface area contributed by atoms with Gasteiger partial charge in [-0.25, -0.2) is 5.10 Å². The highest BCUT2D eigenvalue weighted by atomic mass is 16.5. The second-order valence-electron chi connectivity index (χ2n) is 3.49. The number of hydrogen-bond donors (Lipinski definition) is 2. The number of aromatic amines is 1. The van der Waals surface area contributed by atoms with E-state index in [9.17, 15) is 4.79 Å². The van der Waals surface area contributed by atoms with Crippen molar-refractivity contribution in [2.75, 3.05) is 12.4 Å². The Kier molecular flexibility index (Phi) is 3.04. The lowest BCUT2D eigenvalue weighted by atomic mass is 10.1. The highest BCUT2D eigenvalue weighted by Gasteiger charge is 2.09. The molecule has 6 heteroatoms. The molecule has 0 aliphatic rings. The Morgan fingerprint density at radius 1 is 1.47 bits per heavy atom. The summed E-state index contributed by atoms with van der Waals surface area (Å²) in [6.07, 6.45) is 0. The summed E-state index contributed by atoms with van der Waals surface area (Å²) in [5.41, 5.74) is 1.59. The van der Waals surface area contributed by atoms with Gasteiger partial charge in [0.1, 0.15) is 0 Å². The van der Waals surface area contributed by atoms with Crippen LogP contribution < -0.4 is 10.1 Å². The van der Waals surface area contributed by atoms with Crippen LogP contribution in [0.3, 0.4) is 0 Å². The molecule has 0 atom stereocenters. The number of aromatic nitrogens is 3. The lowest BCUT2D eigenvalue weighted by Gasteiger charge is -2.01. The first-order valence-electron chi connectivity index (χ1n) is 5.03. The number of ether oxygens (including phenoxy) is 1. The fourth-order valence-electron chi connectivity index (χ4n) is 1.36. The Balaban J connectivity index is 2.11. The van der Waals surface area contributed by atoms with Gasteiger partial charge in [0.15, 0.2) is 0 Å². The van der Waals surface area contributed by atoms with Gasteiger partial charge in [-0.1, -0.05) is 17.7 Å². The molecule has 0 aliphatic heterocycles. The van der Waals surface area contributed by atoms with Gasteiger partial charge in [0.05, 0.1) is 7.11 Å². The first kappa shape index (κ1) is 11.1. The smallest absolute Gasteiger partial charge is 0.336 e. The SMILES string of the molecule is COc1n[nH]c(NC(=O)c2cccc(C)c2)n1. The van der Waals surface area contributed by atoms with Crippen LogP contribution in [0.5, 0.6) is 6.01 Å². The number of rotatable bonds is 3. The molecule has 1 aromatic heterocycles. The number of nitrogens with zero attached hydrogens (tertiary/aromatic N) is 2. The van der Waals surface area contributed by atoms with Crippen molar-refractivity contribution in [3.8, 4) is 6.01 Å². The number of benzene rings is 1. The quantitative estimate of drug-likeness (QED) is 0.837. The fourth-order valence-corrected chi connectivity index (χ4v) is 1.36. The van der Waals surface area contributed by atoms with Crippen molar-refractivity contribution in [2.24, 2.45) is 0 Å². The van der Waals surface area contributed by atoms with E-state index >= 15 is 0 Å². The minimum absolute atomic E-state index is 0.185. The third-order valence-electron chi connectivity index (χ3n) is 2.16. The number of methoxy groups -OCH3 is 1. The minimum atomic E-state index is -0.243. The van der Waals surface area contributed by atoms with Gasteiger partial charge in [0, 0.05) is 5.56 Å². The Hall–Kier alpha value is -2.37. The normalized spacial score (nSPS) is 10.0. The molecule has 0 aliphatic carbocycles. The maximum Gasteiger partial charge on any atom is 0.336 e. The highest BCUT2D eigenvalue weighted by molar-refractivity contribution is 6.03. The largest absolute Gasteiger partial charge is 0.466 e. The molecule has 0 radical (unpaired) electrons. The van der Waals surface area contributed by atoms with Crippen LogP contribution in [-0.2, 0) is 0 Å². The van der Waals surface area contributed by atoms with Crippen LogP contribution in [0.25, 0.3) is 0 Å². The third-order valence-corrected chi connectivity index (χ3v) is 2.16. The molecule has 2 N–H and O–H groups in total. The summed E-state index contributed by atoms with van der Waals surface area (Å²) >= 11 is 0. The maximum atomic E-state index is 11.8. The summed E-state index contributed by atoms with van der Waals surface area (Å²) in [5.74, 6) is 0.0147. The number of aryl methyl sites for hydroxylation is 1. The molecule has 88 valence electrons. The van der Waals surface area contributed by atoms with Crippen LogP contribution in [0, 0.1) is 6.92 Å². The van der Waals surface area contributed by atoms with Gasteiger partial charge in [0.2, 0.25) is 5.95 Å². The molecule has 1 aromatic carbocycles. The summed E-state index contributed by atoms with van der Waals surface area (Å²) in [6, 6.07) is 7.46. The fraction of sp³-hybridized carbons (Fsp3) is 0.182. The number of anilines is 1. The summed E-state index contributed by atoms with van der Waals surface area (Å²) in [4.78, 5) is 15.7.